The number of nitrogens with zero attached hydrogens (tertiary/aromatic N) is 3. The molecule has 0 aliphatic carbocycles. The second-order valence-corrected chi connectivity index (χ2v) is 3.76. The van der Waals surface area contributed by atoms with Crippen molar-refractivity contribution in [1.82, 2.24) is 9.66 Å². The molecule has 0 saturated carbocycles. The molecule has 0 atom stereocenters. The Morgan fingerprint density at radius 2 is 1.94 bits per heavy atom. The largest absolute Gasteiger partial charge is 0.243 e. The van der Waals surface area contributed by atoms with Crippen LogP contribution in [-0.2, 0) is 0 Å². The van der Waals surface area contributed by atoms with Crippen LogP contribution in [0.2, 0.25) is 0 Å². The monoisotopic (exact) mass is 221 g/mol. The van der Waals surface area contributed by atoms with Gasteiger partial charge >= 0.3 is 0 Å². The predicted molar refractivity (Wildman–Crippen MR) is 69.2 cm³/mol. The van der Waals surface area contributed by atoms with Crippen molar-refractivity contribution in [2.45, 2.75) is 0 Å². The molecule has 3 rings (SSSR count). The third kappa shape index (κ3) is 1.95. The normalized spacial score (nSPS) is 11.3. The van der Waals surface area contributed by atoms with Crippen LogP contribution in [0.25, 0.3) is 10.8 Å². The van der Waals surface area contributed by atoms with Gasteiger partial charge in [0.25, 0.3) is 0 Å². The fraction of sp³-hybridized carbons (Fsp3) is 0. The SMILES string of the molecule is C(=Nn1ccnc1)c1cccc2ccccc12. The van der Waals surface area contributed by atoms with Crippen molar-refractivity contribution < 1.29 is 0 Å². The molecule has 2 aromatic carbocycles. The molecular weight excluding hydrogens is 210 g/mol. The van der Waals surface area contributed by atoms with Gasteiger partial charge in [-0.15, -0.1) is 0 Å². The molecule has 1 heterocycles. The molecule has 3 heteroatoms. The van der Waals surface area contributed by atoms with E-state index in [2.05, 4.69) is 34.4 Å². The molecule has 0 aliphatic heterocycles. The molecule has 0 amide bonds. The highest BCUT2D eigenvalue weighted by atomic mass is 15.3. The lowest BCUT2D eigenvalue weighted by Crippen LogP contribution is -1.88. The van der Waals surface area contributed by atoms with Gasteiger partial charge in [0.1, 0.15) is 6.33 Å². The first-order chi connectivity index (χ1) is 8.43. The lowest BCUT2D eigenvalue weighted by molar-refractivity contribution is 0.882. The summed E-state index contributed by atoms with van der Waals surface area (Å²) in [4.78, 5) is 3.95. The van der Waals surface area contributed by atoms with E-state index in [9.17, 15) is 0 Å². The average Bonchev–Trinajstić information content (AvgIpc) is 2.89. The van der Waals surface area contributed by atoms with E-state index in [1.54, 1.807) is 17.2 Å². The van der Waals surface area contributed by atoms with Gasteiger partial charge in [-0.25, -0.2) is 9.66 Å². The molecule has 0 unspecified atom stereocenters. The Balaban J connectivity index is 2.06. The van der Waals surface area contributed by atoms with Crippen LogP contribution in [0.4, 0.5) is 0 Å². The van der Waals surface area contributed by atoms with Crippen molar-refractivity contribution in [3.63, 3.8) is 0 Å². The number of fused-ring (bicyclic) bond motifs is 1. The summed E-state index contributed by atoms with van der Waals surface area (Å²) in [5.41, 5.74) is 1.11. The smallest absolute Gasteiger partial charge is 0.116 e. The zero-order valence-corrected chi connectivity index (χ0v) is 9.19. The zero-order chi connectivity index (χ0) is 11.5. The summed E-state index contributed by atoms with van der Waals surface area (Å²) < 4.78 is 1.68. The van der Waals surface area contributed by atoms with E-state index in [0.717, 1.165) is 5.56 Å². The van der Waals surface area contributed by atoms with Gasteiger partial charge in [-0.1, -0.05) is 42.5 Å². The molecule has 0 bridgehead atoms. The third-order valence-corrected chi connectivity index (χ3v) is 2.64. The van der Waals surface area contributed by atoms with Gasteiger partial charge in [0.15, 0.2) is 0 Å². The topological polar surface area (TPSA) is 30.2 Å². The minimum absolute atomic E-state index is 1.11. The van der Waals surface area contributed by atoms with Gasteiger partial charge in [0, 0.05) is 18.0 Å². The van der Waals surface area contributed by atoms with E-state index in [4.69, 9.17) is 0 Å². The van der Waals surface area contributed by atoms with Gasteiger partial charge in [0.05, 0.1) is 6.21 Å². The van der Waals surface area contributed by atoms with Gasteiger partial charge < -0.3 is 0 Å². The second kappa shape index (κ2) is 4.22. The number of imidazole rings is 1. The van der Waals surface area contributed by atoms with E-state index in [0.29, 0.717) is 0 Å². The van der Waals surface area contributed by atoms with Crippen molar-refractivity contribution >= 4 is 17.0 Å². The van der Waals surface area contributed by atoms with Crippen LogP contribution >= 0.6 is 0 Å². The van der Waals surface area contributed by atoms with Gasteiger partial charge in [-0.3, -0.25) is 0 Å². The Kier molecular flexibility index (Phi) is 2.43. The fourth-order valence-corrected chi connectivity index (χ4v) is 1.81. The minimum atomic E-state index is 1.11. The summed E-state index contributed by atoms with van der Waals surface area (Å²) in [5.74, 6) is 0. The molecule has 0 aliphatic rings. The van der Waals surface area contributed by atoms with Crippen LogP contribution in [-0.4, -0.2) is 15.9 Å². The van der Waals surface area contributed by atoms with Crippen molar-refractivity contribution in [2.75, 3.05) is 0 Å². The maximum Gasteiger partial charge on any atom is 0.116 e. The van der Waals surface area contributed by atoms with E-state index < -0.39 is 0 Å². The van der Waals surface area contributed by atoms with Crippen LogP contribution in [0.5, 0.6) is 0 Å². The Bertz CT molecular complexity index is 649. The summed E-state index contributed by atoms with van der Waals surface area (Å²) in [6.45, 7) is 0. The molecule has 0 N–H and O–H groups in total. The fourth-order valence-electron chi connectivity index (χ4n) is 1.81. The predicted octanol–water partition coefficient (Wildman–Crippen LogP) is 2.92. The quantitative estimate of drug-likeness (QED) is 0.612. The highest BCUT2D eigenvalue weighted by Crippen LogP contribution is 2.16. The van der Waals surface area contributed by atoms with Gasteiger partial charge in [-0.05, 0) is 10.8 Å². The molecular formula is C14H11N3. The summed E-state index contributed by atoms with van der Waals surface area (Å²) >= 11 is 0. The van der Waals surface area contributed by atoms with Crippen LogP contribution in [0.15, 0.2) is 66.3 Å². The Labute approximate surface area is 99.0 Å². The first-order valence-corrected chi connectivity index (χ1v) is 5.43. The number of aromatic nitrogens is 2. The van der Waals surface area contributed by atoms with E-state index in [1.165, 1.54) is 10.8 Å². The first kappa shape index (κ1) is 9.78. The molecule has 82 valence electrons. The zero-order valence-electron chi connectivity index (χ0n) is 9.19. The Morgan fingerprint density at radius 3 is 2.82 bits per heavy atom. The number of hydrogen-bond donors (Lipinski definition) is 0. The number of benzene rings is 2. The molecule has 0 spiro atoms. The highest BCUT2D eigenvalue weighted by Gasteiger charge is 1.96. The van der Waals surface area contributed by atoms with Gasteiger partial charge in [0.2, 0.25) is 0 Å². The van der Waals surface area contributed by atoms with Crippen molar-refractivity contribution in [2.24, 2.45) is 5.10 Å². The van der Waals surface area contributed by atoms with Crippen LogP contribution in [0, 0.1) is 0 Å². The summed E-state index contributed by atoms with van der Waals surface area (Å²) in [6.07, 6.45) is 7.04. The van der Waals surface area contributed by atoms with Crippen molar-refractivity contribution in [1.29, 1.82) is 0 Å². The van der Waals surface area contributed by atoms with E-state index in [1.807, 2.05) is 30.6 Å². The van der Waals surface area contributed by atoms with Crippen LogP contribution in [0.3, 0.4) is 0 Å². The lowest BCUT2D eigenvalue weighted by atomic mass is 10.1. The number of rotatable bonds is 2. The Morgan fingerprint density at radius 1 is 1.06 bits per heavy atom. The molecule has 1 aromatic heterocycles. The van der Waals surface area contributed by atoms with Crippen LogP contribution in [0.1, 0.15) is 5.56 Å². The number of hydrogen-bond acceptors (Lipinski definition) is 2. The Hall–Kier alpha value is -2.42. The first-order valence-electron chi connectivity index (χ1n) is 5.43. The summed E-state index contributed by atoms with van der Waals surface area (Å²) in [6, 6.07) is 14.5. The molecule has 3 nitrogen and oxygen atoms in total. The molecule has 17 heavy (non-hydrogen) atoms. The maximum absolute atomic E-state index is 4.32. The van der Waals surface area contributed by atoms with Gasteiger partial charge in [-0.2, -0.15) is 5.10 Å². The lowest BCUT2D eigenvalue weighted by Gasteiger charge is -2.00. The molecule has 0 radical (unpaired) electrons. The second-order valence-electron chi connectivity index (χ2n) is 3.76. The average molecular weight is 221 g/mol. The summed E-state index contributed by atoms with van der Waals surface area (Å²) in [5, 5.41) is 6.75. The highest BCUT2D eigenvalue weighted by molar-refractivity contribution is 5.99. The van der Waals surface area contributed by atoms with Crippen LogP contribution < -0.4 is 0 Å². The standard InChI is InChI=1S/C14H11N3/c1-2-7-14-12(4-1)5-3-6-13(14)10-16-17-9-8-15-11-17/h1-11H. The van der Waals surface area contributed by atoms with E-state index >= 15 is 0 Å². The maximum atomic E-state index is 4.32. The molecule has 0 fully saturated rings. The van der Waals surface area contributed by atoms with Crippen molar-refractivity contribution in [3.8, 4) is 0 Å². The molecule has 3 aromatic rings. The van der Waals surface area contributed by atoms with E-state index in [-0.39, 0.29) is 0 Å². The van der Waals surface area contributed by atoms with Crippen molar-refractivity contribution in [3.05, 3.63) is 66.7 Å². The minimum Gasteiger partial charge on any atom is -0.243 e. The summed E-state index contributed by atoms with van der Waals surface area (Å²) in [7, 11) is 0. The third-order valence-electron chi connectivity index (χ3n) is 2.64. The molecule has 0 saturated heterocycles.